The third-order valence-corrected chi connectivity index (χ3v) is 7.23. The molecule has 0 spiro atoms. The van der Waals surface area contributed by atoms with Crippen LogP contribution in [0.25, 0.3) is 0 Å². The summed E-state index contributed by atoms with van der Waals surface area (Å²) in [4.78, 5) is 42.9. The molecule has 44 heavy (non-hydrogen) atoms. The van der Waals surface area contributed by atoms with Gasteiger partial charge in [-0.25, -0.2) is 4.79 Å². The summed E-state index contributed by atoms with van der Waals surface area (Å²) in [5.74, 6) is -3.15. The van der Waals surface area contributed by atoms with Crippen LogP contribution in [0.3, 0.4) is 0 Å². The van der Waals surface area contributed by atoms with Crippen LogP contribution in [0, 0.1) is 16.0 Å². The van der Waals surface area contributed by atoms with Crippen LogP contribution in [0.2, 0.25) is 0 Å². The van der Waals surface area contributed by atoms with Gasteiger partial charge in [0.05, 0.1) is 30.4 Å². The van der Waals surface area contributed by atoms with E-state index < -0.39 is 40.3 Å². The summed E-state index contributed by atoms with van der Waals surface area (Å²) >= 11 is 0. The van der Waals surface area contributed by atoms with Gasteiger partial charge in [-0.05, 0) is 45.5 Å². The van der Waals surface area contributed by atoms with Gasteiger partial charge < -0.3 is 29.7 Å². The van der Waals surface area contributed by atoms with E-state index in [9.17, 15) is 29.9 Å². The number of carboxylic acids is 1. The number of carbonyl (C=O) groups excluding carboxylic acids is 1. The zero-order valence-electron chi connectivity index (χ0n) is 25.8. The second-order valence-corrected chi connectivity index (χ2v) is 11.3. The molecule has 1 heterocycles. The van der Waals surface area contributed by atoms with E-state index in [1.165, 1.54) is 25.3 Å². The summed E-state index contributed by atoms with van der Waals surface area (Å²) in [5, 5.41) is 35.4. The SMILES string of the molecule is COC(=O)C1=C(CN(C)CC(C)(C)NCC(O)COc2ccccc2OC)N=C(C)C(C(=O)O)C1c1cccc([N+](=O)[O-])c1. The van der Waals surface area contributed by atoms with Crippen molar-refractivity contribution in [3.05, 3.63) is 75.5 Å². The summed E-state index contributed by atoms with van der Waals surface area (Å²) in [5.41, 5.74) is 0.175. The molecule has 2 aromatic carbocycles. The molecule has 13 heteroatoms. The lowest BCUT2D eigenvalue weighted by Gasteiger charge is -2.35. The predicted molar refractivity (Wildman–Crippen MR) is 163 cm³/mol. The highest BCUT2D eigenvalue weighted by Gasteiger charge is 2.43. The van der Waals surface area contributed by atoms with Gasteiger partial charge in [-0.2, -0.15) is 0 Å². The molecular weight excluding hydrogens is 572 g/mol. The van der Waals surface area contributed by atoms with Gasteiger partial charge in [-0.3, -0.25) is 24.8 Å². The number of esters is 1. The van der Waals surface area contributed by atoms with Gasteiger partial charge in [0.1, 0.15) is 18.6 Å². The van der Waals surface area contributed by atoms with Gasteiger partial charge in [-0.1, -0.05) is 24.3 Å². The highest BCUT2D eigenvalue weighted by atomic mass is 16.6. The summed E-state index contributed by atoms with van der Waals surface area (Å²) in [6.45, 7) is 6.36. The van der Waals surface area contributed by atoms with Crippen molar-refractivity contribution in [1.29, 1.82) is 0 Å². The molecule has 3 atom stereocenters. The first-order valence-electron chi connectivity index (χ1n) is 14.0. The van der Waals surface area contributed by atoms with Gasteiger partial charge in [0, 0.05) is 48.9 Å². The summed E-state index contributed by atoms with van der Waals surface area (Å²) in [6, 6.07) is 12.8. The van der Waals surface area contributed by atoms with Crippen LogP contribution in [-0.4, -0.2) is 96.8 Å². The highest BCUT2D eigenvalue weighted by molar-refractivity contribution is 6.06. The van der Waals surface area contributed by atoms with Crippen molar-refractivity contribution in [3.8, 4) is 11.5 Å². The Hall–Kier alpha value is -4.33. The maximum Gasteiger partial charge on any atom is 0.336 e. The first kappa shape index (κ1) is 34.2. The number of non-ortho nitro benzene ring substituents is 1. The minimum atomic E-state index is -1.22. The molecule has 0 bridgehead atoms. The van der Waals surface area contributed by atoms with Gasteiger partial charge in [-0.15, -0.1) is 0 Å². The first-order chi connectivity index (χ1) is 20.8. The Balaban J connectivity index is 1.78. The summed E-state index contributed by atoms with van der Waals surface area (Å²) in [7, 11) is 4.56. The number of nitrogens with zero attached hydrogens (tertiary/aromatic N) is 3. The zero-order chi connectivity index (χ0) is 32.6. The number of aliphatic imine (C=N–C) groups is 1. The van der Waals surface area contributed by atoms with Crippen LogP contribution in [-0.2, 0) is 14.3 Å². The van der Waals surface area contributed by atoms with Crippen molar-refractivity contribution < 1.29 is 38.9 Å². The van der Waals surface area contributed by atoms with Crippen LogP contribution in [0.5, 0.6) is 11.5 Å². The Kier molecular flexibility index (Phi) is 11.6. The van der Waals surface area contributed by atoms with Crippen LogP contribution in [0.4, 0.5) is 5.69 Å². The van der Waals surface area contributed by atoms with E-state index in [1.807, 2.05) is 37.9 Å². The number of methoxy groups -OCH3 is 2. The normalized spacial score (nSPS) is 17.6. The van der Waals surface area contributed by atoms with E-state index in [4.69, 9.17) is 14.2 Å². The quantitative estimate of drug-likeness (QED) is 0.153. The van der Waals surface area contributed by atoms with Crippen molar-refractivity contribution in [2.24, 2.45) is 10.9 Å². The fourth-order valence-electron chi connectivity index (χ4n) is 5.34. The molecule has 0 fully saturated rings. The number of ether oxygens (including phenoxy) is 3. The average Bonchev–Trinajstić information content (AvgIpc) is 2.97. The number of benzene rings is 2. The van der Waals surface area contributed by atoms with Crippen molar-refractivity contribution in [1.82, 2.24) is 10.2 Å². The number of hydrogen-bond acceptors (Lipinski definition) is 11. The Morgan fingerprint density at radius 1 is 1.16 bits per heavy atom. The Morgan fingerprint density at radius 2 is 1.84 bits per heavy atom. The first-order valence-corrected chi connectivity index (χ1v) is 14.0. The summed E-state index contributed by atoms with van der Waals surface area (Å²) in [6.07, 6.45) is -0.813. The van der Waals surface area contributed by atoms with Crippen LogP contribution >= 0.6 is 0 Å². The molecule has 1 aliphatic heterocycles. The molecule has 13 nitrogen and oxygen atoms in total. The molecule has 0 saturated heterocycles. The number of nitro groups is 1. The minimum absolute atomic E-state index is 0.0347. The number of aliphatic hydroxyl groups excluding tert-OH is 1. The minimum Gasteiger partial charge on any atom is -0.493 e. The zero-order valence-corrected chi connectivity index (χ0v) is 25.8. The number of β-amino-alcohol motifs (C(OH)–C–C–N with tert-alkyl or cyclic N) is 1. The Bertz CT molecular complexity index is 1420. The van der Waals surface area contributed by atoms with Gasteiger partial charge >= 0.3 is 11.9 Å². The molecular formula is C31H40N4O9. The van der Waals surface area contributed by atoms with E-state index in [-0.39, 0.29) is 36.7 Å². The number of nitrogens with one attached hydrogen (secondary N) is 1. The molecule has 238 valence electrons. The molecule has 0 amide bonds. The van der Waals surface area contributed by atoms with Crippen LogP contribution in [0.15, 0.2) is 64.8 Å². The maximum atomic E-state index is 13.1. The molecule has 3 rings (SSSR count). The van der Waals surface area contributed by atoms with Crippen LogP contribution in [0.1, 0.15) is 32.3 Å². The molecule has 0 radical (unpaired) electrons. The Morgan fingerprint density at radius 3 is 2.45 bits per heavy atom. The van der Waals surface area contributed by atoms with Gasteiger partial charge in [0.2, 0.25) is 0 Å². The lowest BCUT2D eigenvalue weighted by Crippen LogP contribution is -2.51. The molecule has 0 aromatic heterocycles. The van der Waals surface area contributed by atoms with Crippen LogP contribution < -0.4 is 14.8 Å². The number of aliphatic carboxylic acids is 1. The number of rotatable bonds is 15. The van der Waals surface area contributed by atoms with Crippen molar-refractivity contribution in [2.75, 3.05) is 47.5 Å². The number of para-hydroxylation sites is 2. The van der Waals surface area contributed by atoms with Crippen molar-refractivity contribution >= 4 is 23.3 Å². The maximum absolute atomic E-state index is 13.1. The van der Waals surface area contributed by atoms with Gasteiger partial charge in [0.25, 0.3) is 5.69 Å². The lowest BCUT2D eigenvalue weighted by atomic mass is 9.75. The second-order valence-electron chi connectivity index (χ2n) is 11.3. The molecule has 2 aromatic rings. The number of hydrogen-bond donors (Lipinski definition) is 3. The van der Waals surface area contributed by atoms with Gasteiger partial charge in [0.15, 0.2) is 11.5 Å². The largest absolute Gasteiger partial charge is 0.493 e. The fraction of sp³-hybridized carbons (Fsp3) is 0.452. The predicted octanol–water partition coefficient (Wildman–Crippen LogP) is 3.03. The fourth-order valence-corrected chi connectivity index (χ4v) is 5.34. The number of carbonyl (C=O) groups is 2. The van der Waals surface area contributed by atoms with E-state index in [0.717, 1.165) is 0 Å². The monoisotopic (exact) mass is 612 g/mol. The van der Waals surface area contributed by atoms with Crippen molar-refractivity contribution in [3.63, 3.8) is 0 Å². The molecule has 0 saturated carbocycles. The van der Waals surface area contributed by atoms with E-state index in [1.54, 1.807) is 32.2 Å². The molecule has 0 aliphatic carbocycles. The topological polar surface area (TPSA) is 173 Å². The van der Waals surface area contributed by atoms with E-state index in [0.29, 0.717) is 29.3 Å². The third kappa shape index (κ3) is 8.62. The average molecular weight is 613 g/mol. The van der Waals surface area contributed by atoms with E-state index >= 15 is 0 Å². The number of nitro benzene ring substituents is 1. The lowest BCUT2D eigenvalue weighted by molar-refractivity contribution is -0.384. The second kappa shape index (κ2) is 14.9. The third-order valence-electron chi connectivity index (χ3n) is 7.23. The smallest absolute Gasteiger partial charge is 0.336 e. The number of likely N-dealkylation sites (N-methyl/N-ethyl adjacent to an activating group) is 1. The highest BCUT2D eigenvalue weighted by Crippen LogP contribution is 2.40. The number of aliphatic hydroxyl groups is 1. The molecule has 1 aliphatic rings. The van der Waals surface area contributed by atoms with Crippen molar-refractivity contribution in [2.45, 2.75) is 38.3 Å². The molecule has 3 N–H and O–H groups in total. The number of carboxylic acid groups (broad SMARTS) is 1. The summed E-state index contributed by atoms with van der Waals surface area (Å²) < 4.78 is 16.0. The molecule has 3 unspecified atom stereocenters. The Labute approximate surface area is 256 Å². The van der Waals surface area contributed by atoms with E-state index in [2.05, 4.69) is 10.3 Å². The standard InChI is InChI=1S/C31H40N4O9/c1-19-26(29(37)38)27(20-10-9-11-21(14-20)35(40)41)28(30(39)43-6)23(33-19)16-34(4)18-31(2,3)32-15-22(36)17-44-25-13-8-7-12-24(25)42-5/h7-14,22,26-27,32,36H,15-18H2,1-6H3,(H,37,38).